The van der Waals surface area contributed by atoms with Crippen LogP contribution >= 0.6 is 0 Å². The average Bonchev–Trinajstić information content (AvgIpc) is 1.88. The molecule has 0 amide bonds. The Labute approximate surface area is 62.0 Å². The molecular weight excluding hydrogens is 128 g/mol. The molecule has 0 aliphatic carbocycles. The summed E-state index contributed by atoms with van der Waals surface area (Å²) in [6.07, 6.45) is 1.76. The Kier molecular flexibility index (Phi) is 5.16. The lowest BCUT2D eigenvalue weighted by Gasteiger charge is -2.05. The first-order valence-corrected chi connectivity index (χ1v) is 3.59. The molecule has 60 valence electrons. The third kappa shape index (κ3) is 4.47. The maximum atomic E-state index is 10.6. The number of hydrogen-bond acceptors (Lipinski definition) is 3. The monoisotopic (exact) mass is 144 g/mol. The summed E-state index contributed by atoms with van der Waals surface area (Å²) in [5.74, 6) is 0.0797. The topological polar surface area (TPSA) is 55.1 Å². The summed E-state index contributed by atoms with van der Waals surface area (Å²) < 4.78 is 0. The fourth-order valence-electron chi connectivity index (χ4n) is 0.702. The molecule has 0 saturated carbocycles. The molecule has 1 atom stereocenters. The Morgan fingerprint density at radius 2 is 2.30 bits per heavy atom. The van der Waals surface area contributed by atoms with Crippen molar-refractivity contribution in [1.82, 2.24) is 5.32 Å². The summed E-state index contributed by atoms with van der Waals surface area (Å²) in [6, 6.07) is -0.256. The van der Waals surface area contributed by atoms with Gasteiger partial charge in [0.2, 0.25) is 0 Å². The number of carbonyl (C=O) groups excluding carboxylic acids is 1. The molecule has 3 nitrogen and oxygen atoms in total. The van der Waals surface area contributed by atoms with Crippen molar-refractivity contribution in [3.05, 3.63) is 0 Å². The maximum absolute atomic E-state index is 10.6. The molecule has 3 heteroatoms. The Morgan fingerprint density at radius 1 is 1.70 bits per heavy atom. The van der Waals surface area contributed by atoms with Gasteiger partial charge in [-0.1, -0.05) is 0 Å². The number of carbonyl (C=O) groups is 1. The minimum atomic E-state index is -0.256. The number of nitrogens with two attached hydrogens (primary N) is 1. The predicted octanol–water partition coefficient (Wildman–Crippen LogP) is -0.0977. The van der Waals surface area contributed by atoms with E-state index >= 15 is 0 Å². The highest BCUT2D eigenvalue weighted by Crippen LogP contribution is 1.93. The van der Waals surface area contributed by atoms with Gasteiger partial charge in [-0.25, -0.2) is 0 Å². The number of ketones is 1. The van der Waals surface area contributed by atoms with Crippen molar-refractivity contribution in [2.45, 2.75) is 25.8 Å². The van der Waals surface area contributed by atoms with Gasteiger partial charge in [0, 0.05) is 0 Å². The second kappa shape index (κ2) is 5.38. The Bertz CT molecular complexity index is 104. The first kappa shape index (κ1) is 9.59. The van der Waals surface area contributed by atoms with Gasteiger partial charge in [-0.3, -0.25) is 4.79 Å². The van der Waals surface area contributed by atoms with Gasteiger partial charge in [-0.05, 0) is 33.4 Å². The van der Waals surface area contributed by atoms with Gasteiger partial charge in [0.05, 0.1) is 6.04 Å². The first-order valence-electron chi connectivity index (χ1n) is 3.59. The Morgan fingerprint density at radius 3 is 2.70 bits per heavy atom. The molecular formula is C7H16N2O. The summed E-state index contributed by atoms with van der Waals surface area (Å²) in [4.78, 5) is 10.6. The largest absolute Gasteiger partial charge is 0.322 e. The summed E-state index contributed by atoms with van der Waals surface area (Å²) in [5.41, 5.74) is 5.48. The van der Waals surface area contributed by atoms with Gasteiger partial charge in [0.15, 0.2) is 0 Å². The fourth-order valence-corrected chi connectivity index (χ4v) is 0.702. The average molecular weight is 144 g/mol. The molecule has 3 N–H and O–H groups in total. The molecule has 1 unspecified atom stereocenters. The van der Waals surface area contributed by atoms with Crippen molar-refractivity contribution in [2.75, 3.05) is 13.6 Å². The van der Waals surface area contributed by atoms with E-state index in [9.17, 15) is 4.79 Å². The van der Waals surface area contributed by atoms with Crippen LogP contribution in [-0.4, -0.2) is 25.4 Å². The van der Waals surface area contributed by atoms with Crippen LogP contribution in [0.25, 0.3) is 0 Å². The van der Waals surface area contributed by atoms with Gasteiger partial charge in [-0.15, -0.1) is 0 Å². The quantitative estimate of drug-likeness (QED) is 0.530. The van der Waals surface area contributed by atoms with E-state index < -0.39 is 0 Å². The normalized spacial score (nSPS) is 13.1. The highest BCUT2D eigenvalue weighted by Gasteiger charge is 2.05. The molecule has 0 aromatic carbocycles. The molecule has 0 aliphatic heterocycles. The van der Waals surface area contributed by atoms with E-state index in [0.717, 1.165) is 19.4 Å². The van der Waals surface area contributed by atoms with Crippen LogP contribution in [0.2, 0.25) is 0 Å². The second-order valence-electron chi connectivity index (χ2n) is 2.46. The molecule has 0 spiro atoms. The van der Waals surface area contributed by atoms with E-state index in [0.29, 0.717) is 0 Å². The van der Waals surface area contributed by atoms with Crippen molar-refractivity contribution in [3.63, 3.8) is 0 Å². The van der Waals surface area contributed by atoms with E-state index in [1.165, 1.54) is 6.92 Å². The zero-order valence-electron chi connectivity index (χ0n) is 6.68. The molecule has 0 radical (unpaired) electrons. The van der Waals surface area contributed by atoms with Crippen molar-refractivity contribution >= 4 is 5.78 Å². The SMILES string of the molecule is CNCCCC(N)C(C)=O. The maximum Gasteiger partial charge on any atom is 0.146 e. The van der Waals surface area contributed by atoms with Crippen LogP contribution in [0, 0.1) is 0 Å². The van der Waals surface area contributed by atoms with Crippen molar-refractivity contribution in [1.29, 1.82) is 0 Å². The molecule has 0 fully saturated rings. The van der Waals surface area contributed by atoms with E-state index in [-0.39, 0.29) is 11.8 Å². The lowest BCUT2D eigenvalue weighted by atomic mass is 10.1. The van der Waals surface area contributed by atoms with Crippen LogP contribution < -0.4 is 11.1 Å². The number of rotatable bonds is 5. The summed E-state index contributed by atoms with van der Waals surface area (Å²) >= 11 is 0. The van der Waals surface area contributed by atoms with Gasteiger partial charge >= 0.3 is 0 Å². The lowest BCUT2D eigenvalue weighted by Crippen LogP contribution is -2.28. The molecule has 0 bridgehead atoms. The molecule has 0 aliphatic rings. The third-order valence-electron chi connectivity index (χ3n) is 1.46. The van der Waals surface area contributed by atoms with Gasteiger partial charge in [0.1, 0.15) is 5.78 Å². The van der Waals surface area contributed by atoms with E-state index in [1.807, 2.05) is 7.05 Å². The lowest BCUT2D eigenvalue weighted by molar-refractivity contribution is -0.118. The van der Waals surface area contributed by atoms with Crippen molar-refractivity contribution < 1.29 is 4.79 Å². The van der Waals surface area contributed by atoms with Crippen molar-refractivity contribution in [3.8, 4) is 0 Å². The fraction of sp³-hybridized carbons (Fsp3) is 0.857. The minimum absolute atomic E-state index is 0.0797. The van der Waals surface area contributed by atoms with Crippen LogP contribution in [0.4, 0.5) is 0 Å². The summed E-state index contributed by atoms with van der Waals surface area (Å²) in [7, 11) is 1.89. The van der Waals surface area contributed by atoms with Gasteiger partial charge in [0.25, 0.3) is 0 Å². The van der Waals surface area contributed by atoms with E-state index in [4.69, 9.17) is 5.73 Å². The standard InChI is InChI=1S/C7H16N2O/c1-6(10)7(8)4-3-5-9-2/h7,9H,3-5,8H2,1-2H3. The Balaban J connectivity index is 3.21. The molecule has 0 rings (SSSR count). The predicted molar refractivity (Wildman–Crippen MR) is 41.8 cm³/mol. The second-order valence-corrected chi connectivity index (χ2v) is 2.46. The minimum Gasteiger partial charge on any atom is -0.322 e. The van der Waals surface area contributed by atoms with Gasteiger partial charge < -0.3 is 11.1 Å². The molecule has 0 aromatic heterocycles. The molecule has 0 heterocycles. The summed E-state index contributed by atoms with van der Waals surface area (Å²) in [5, 5.41) is 3.00. The van der Waals surface area contributed by atoms with Crippen LogP contribution in [0.15, 0.2) is 0 Å². The number of nitrogens with one attached hydrogen (secondary N) is 1. The molecule has 10 heavy (non-hydrogen) atoms. The van der Waals surface area contributed by atoms with E-state index in [2.05, 4.69) is 5.32 Å². The van der Waals surface area contributed by atoms with Crippen LogP contribution in [0.3, 0.4) is 0 Å². The van der Waals surface area contributed by atoms with Crippen molar-refractivity contribution in [2.24, 2.45) is 5.73 Å². The van der Waals surface area contributed by atoms with E-state index in [1.54, 1.807) is 0 Å². The Hall–Kier alpha value is -0.410. The highest BCUT2D eigenvalue weighted by atomic mass is 16.1. The highest BCUT2D eigenvalue weighted by molar-refractivity contribution is 5.80. The zero-order chi connectivity index (χ0) is 7.98. The molecule has 0 aromatic rings. The number of Topliss-reactive ketones (excluding diaryl/α,β-unsaturated/α-hetero) is 1. The van der Waals surface area contributed by atoms with Crippen LogP contribution in [0.5, 0.6) is 0 Å². The molecule has 0 saturated heterocycles. The first-order chi connectivity index (χ1) is 4.68. The van der Waals surface area contributed by atoms with Crippen LogP contribution in [-0.2, 0) is 4.79 Å². The summed E-state index contributed by atoms with van der Waals surface area (Å²) in [6.45, 7) is 2.46. The number of hydrogen-bond donors (Lipinski definition) is 2. The third-order valence-corrected chi connectivity index (χ3v) is 1.46. The smallest absolute Gasteiger partial charge is 0.146 e. The zero-order valence-corrected chi connectivity index (χ0v) is 6.68. The van der Waals surface area contributed by atoms with Gasteiger partial charge in [-0.2, -0.15) is 0 Å². The van der Waals surface area contributed by atoms with Crippen LogP contribution in [0.1, 0.15) is 19.8 Å².